The van der Waals surface area contributed by atoms with E-state index in [2.05, 4.69) is 12.1 Å². The lowest BCUT2D eigenvalue weighted by atomic mass is 9.71. The van der Waals surface area contributed by atoms with Crippen molar-refractivity contribution >= 4 is 11.4 Å². The van der Waals surface area contributed by atoms with Crippen LogP contribution >= 0.6 is 0 Å². The molecule has 1 aliphatic rings. The molecule has 1 fully saturated rings. The summed E-state index contributed by atoms with van der Waals surface area (Å²) in [4.78, 5) is 10.5. The number of benzene rings is 2. The third-order valence-corrected chi connectivity index (χ3v) is 4.69. The maximum atomic E-state index is 10.8. The zero-order valence-corrected chi connectivity index (χ0v) is 12.4. The van der Waals surface area contributed by atoms with E-state index in [4.69, 9.17) is 5.73 Å². The van der Waals surface area contributed by atoms with Gasteiger partial charge in [-0.3, -0.25) is 10.1 Å². The fourth-order valence-electron chi connectivity index (χ4n) is 3.15. The molecule has 1 saturated carbocycles. The lowest BCUT2D eigenvalue weighted by Crippen LogP contribution is -2.22. The van der Waals surface area contributed by atoms with Gasteiger partial charge in [0.2, 0.25) is 0 Å². The Morgan fingerprint density at radius 3 is 2.23 bits per heavy atom. The van der Waals surface area contributed by atoms with Crippen molar-refractivity contribution in [2.75, 3.05) is 5.73 Å². The second-order valence-corrected chi connectivity index (χ2v) is 6.09. The van der Waals surface area contributed by atoms with Crippen LogP contribution in [0.2, 0.25) is 0 Å². The molecule has 0 saturated heterocycles. The Bertz CT molecular complexity index is 646. The zero-order valence-electron chi connectivity index (χ0n) is 12.4. The van der Waals surface area contributed by atoms with Crippen molar-refractivity contribution < 1.29 is 4.92 Å². The molecule has 0 amide bonds. The number of nitrogens with two attached hydrogens (primary N) is 1. The Labute approximate surface area is 130 Å². The van der Waals surface area contributed by atoms with Gasteiger partial charge >= 0.3 is 0 Å². The third-order valence-electron chi connectivity index (χ3n) is 4.69. The molecule has 2 N–H and O–H groups in total. The second kappa shape index (κ2) is 6.18. The van der Waals surface area contributed by atoms with Crippen LogP contribution in [0.1, 0.15) is 36.3 Å². The van der Waals surface area contributed by atoms with Crippen molar-refractivity contribution in [1.82, 2.24) is 0 Å². The van der Waals surface area contributed by atoms with E-state index in [1.165, 1.54) is 30.4 Å². The Morgan fingerprint density at radius 2 is 1.73 bits per heavy atom. The lowest BCUT2D eigenvalue weighted by molar-refractivity contribution is -0.384. The SMILES string of the molecule is Nc1ccc(CC(c2ccc([N+](=O)[O-])cc2)C2CCC2)cc1. The lowest BCUT2D eigenvalue weighted by Gasteiger charge is -2.34. The van der Waals surface area contributed by atoms with Gasteiger partial charge in [0.05, 0.1) is 4.92 Å². The molecular weight excluding hydrogens is 276 g/mol. The molecule has 1 aliphatic carbocycles. The van der Waals surface area contributed by atoms with E-state index >= 15 is 0 Å². The van der Waals surface area contributed by atoms with Crippen LogP contribution in [0.25, 0.3) is 0 Å². The van der Waals surface area contributed by atoms with E-state index < -0.39 is 0 Å². The molecule has 1 atom stereocenters. The predicted octanol–water partition coefficient (Wildman–Crippen LogP) is 4.30. The minimum Gasteiger partial charge on any atom is -0.399 e. The maximum Gasteiger partial charge on any atom is 0.269 e. The van der Waals surface area contributed by atoms with Gasteiger partial charge in [-0.2, -0.15) is 0 Å². The van der Waals surface area contributed by atoms with Gasteiger partial charge in [-0.25, -0.2) is 0 Å². The van der Waals surface area contributed by atoms with E-state index in [9.17, 15) is 10.1 Å². The number of nitro groups is 1. The van der Waals surface area contributed by atoms with Crippen molar-refractivity contribution in [3.8, 4) is 0 Å². The minimum atomic E-state index is -0.345. The van der Waals surface area contributed by atoms with E-state index in [-0.39, 0.29) is 10.6 Å². The Morgan fingerprint density at radius 1 is 1.09 bits per heavy atom. The smallest absolute Gasteiger partial charge is 0.269 e. The van der Waals surface area contributed by atoms with Crippen molar-refractivity contribution in [2.24, 2.45) is 5.92 Å². The molecule has 3 rings (SSSR count). The van der Waals surface area contributed by atoms with E-state index in [0.717, 1.165) is 12.1 Å². The molecule has 0 radical (unpaired) electrons. The van der Waals surface area contributed by atoms with Gasteiger partial charge < -0.3 is 5.73 Å². The van der Waals surface area contributed by atoms with Crippen LogP contribution in [-0.4, -0.2) is 4.92 Å². The molecule has 114 valence electrons. The number of non-ortho nitro benzene ring substituents is 1. The highest BCUT2D eigenvalue weighted by Crippen LogP contribution is 2.41. The Balaban J connectivity index is 1.82. The summed E-state index contributed by atoms with van der Waals surface area (Å²) in [6, 6.07) is 15.1. The van der Waals surface area contributed by atoms with Gasteiger partial charge in [0.25, 0.3) is 5.69 Å². The topological polar surface area (TPSA) is 69.2 Å². The number of rotatable bonds is 5. The molecule has 4 heteroatoms. The summed E-state index contributed by atoms with van der Waals surface area (Å²) in [6.07, 6.45) is 4.74. The first-order valence-electron chi connectivity index (χ1n) is 7.72. The van der Waals surface area contributed by atoms with Gasteiger partial charge in [-0.15, -0.1) is 0 Å². The average Bonchev–Trinajstić information content (AvgIpc) is 2.47. The average molecular weight is 296 g/mol. The molecule has 4 nitrogen and oxygen atoms in total. The monoisotopic (exact) mass is 296 g/mol. The van der Waals surface area contributed by atoms with Crippen LogP contribution in [0.15, 0.2) is 48.5 Å². The highest BCUT2D eigenvalue weighted by atomic mass is 16.6. The molecule has 22 heavy (non-hydrogen) atoms. The third kappa shape index (κ3) is 3.11. The van der Waals surface area contributed by atoms with Gasteiger partial charge in [0, 0.05) is 17.8 Å². The van der Waals surface area contributed by atoms with Crippen LogP contribution in [0.4, 0.5) is 11.4 Å². The summed E-state index contributed by atoms with van der Waals surface area (Å²) in [5.41, 5.74) is 9.15. The first kappa shape index (κ1) is 14.6. The van der Waals surface area contributed by atoms with E-state index in [1.54, 1.807) is 12.1 Å². The van der Waals surface area contributed by atoms with Crippen molar-refractivity contribution in [3.05, 3.63) is 69.8 Å². The number of nitro benzene ring substituents is 1. The van der Waals surface area contributed by atoms with Gasteiger partial charge in [0.15, 0.2) is 0 Å². The minimum absolute atomic E-state index is 0.156. The first-order valence-corrected chi connectivity index (χ1v) is 7.72. The highest BCUT2D eigenvalue weighted by molar-refractivity contribution is 5.40. The number of hydrogen-bond donors (Lipinski definition) is 1. The first-order chi connectivity index (χ1) is 10.6. The second-order valence-electron chi connectivity index (χ2n) is 6.09. The molecule has 0 bridgehead atoms. The molecule has 0 heterocycles. The van der Waals surface area contributed by atoms with Crippen molar-refractivity contribution in [1.29, 1.82) is 0 Å². The van der Waals surface area contributed by atoms with Crippen LogP contribution in [0, 0.1) is 16.0 Å². The number of hydrogen-bond acceptors (Lipinski definition) is 3. The highest BCUT2D eigenvalue weighted by Gasteiger charge is 2.28. The quantitative estimate of drug-likeness (QED) is 0.508. The fourth-order valence-corrected chi connectivity index (χ4v) is 3.15. The van der Waals surface area contributed by atoms with E-state index in [1.807, 2.05) is 24.3 Å². The van der Waals surface area contributed by atoms with Crippen LogP contribution < -0.4 is 5.73 Å². The van der Waals surface area contributed by atoms with Gasteiger partial charge in [-0.05, 0) is 54.4 Å². The maximum absolute atomic E-state index is 10.8. The molecule has 0 aromatic heterocycles. The largest absolute Gasteiger partial charge is 0.399 e. The molecule has 0 aliphatic heterocycles. The van der Waals surface area contributed by atoms with Crippen molar-refractivity contribution in [2.45, 2.75) is 31.6 Å². The van der Waals surface area contributed by atoms with Gasteiger partial charge in [0.1, 0.15) is 0 Å². The standard InChI is InChI=1S/C18H20N2O2/c19-16-8-4-13(5-9-16)12-18(14-2-1-3-14)15-6-10-17(11-7-15)20(21)22/h4-11,14,18H,1-3,12,19H2. The number of anilines is 1. The number of nitrogens with zero attached hydrogens (tertiary/aromatic N) is 1. The summed E-state index contributed by atoms with van der Waals surface area (Å²) < 4.78 is 0. The normalized spacial score (nSPS) is 16.0. The van der Waals surface area contributed by atoms with Crippen LogP contribution in [0.5, 0.6) is 0 Å². The number of nitrogen functional groups attached to an aromatic ring is 1. The summed E-state index contributed by atoms with van der Waals surface area (Å²) >= 11 is 0. The van der Waals surface area contributed by atoms with Crippen LogP contribution in [0.3, 0.4) is 0 Å². The summed E-state index contributed by atoms with van der Waals surface area (Å²) in [7, 11) is 0. The zero-order chi connectivity index (χ0) is 15.5. The predicted molar refractivity (Wildman–Crippen MR) is 87.7 cm³/mol. The summed E-state index contributed by atoms with van der Waals surface area (Å²) in [5.74, 6) is 1.11. The summed E-state index contributed by atoms with van der Waals surface area (Å²) in [6.45, 7) is 0. The summed E-state index contributed by atoms with van der Waals surface area (Å²) in [5, 5.41) is 10.8. The molecule has 2 aromatic carbocycles. The van der Waals surface area contributed by atoms with E-state index in [0.29, 0.717) is 11.8 Å². The molecule has 0 spiro atoms. The fraction of sp³-hybridized carbons (Fsp3) is 0.333. The molecular formula is C18H20N2O2. The Kier molecular flexibility index (Phi) is 4.09. The molecule has 2 aromatic rings. The van der Waals surface area contributed by atoms with Crippen LogP contribution in [-0.2, 0) is 6.42 Å². The van der Waals surface area contributed by atoms with Crippen molar-refractivity contribution in [3.63, 3.8) is 0 Å². The van der Waals surface area contributed by atoms with Gasteiger partial charge in [-0.1, -0.05) is 30.7 Å². The molecule has 1 unspecified atom stereocenters. The Hall–Kier alpha value is -2.36.